The summed E-state index contributed by atoms with van der Waals surface area (Å²) >= 11 is 5.63. The minimum atomic E-state index is -0.447. The fourth-order valence-corrected chi connectivity index (χ4v) is 3.13. The van der Waals surface area contributed by atoms with E-state index in [4.69, 9.17) is 16.3 Å². The van der Waals surface area contributed by atoms with Gasteiger partial charge in [-0.25, -0.2) is 4.79 Å². The van der Waals surface area contributed by atoms with Crippen molar-refractivity contribution in [3.05, 3.63) is 35.9 Å². The molecule has 0 saturated heterocycles. The number of nitrogens with zero attached hydrogens (tertiary/aromatic N) is 1. The van der Waals surface area contributed by atoms with Crippen molar-refractivity contribution in [1.82, 2.24) is 10.2 Å². The molecule has 0 aromatic heterocycles. The highest BCUT2D eigenvalue weighted by Gasteiger charge is 2.31. The average molecular weight is 339 g/mol. The summed E-state index contributed by atoms with van der Waals surface area (Å²) in [5, 5.41) is 2.90. The summed E-state index contributed by atoms with van der Waals surface area (Å²) < 4.78 is 5.27. The molecule has 5 nitrogen and oxygen atoms in total. The first-order valence-electron chi connectivity index (χ1n) is 7.90. The molecule has 1 aromatic rings. The molecule has 2 unspecified atom stereocenters. The summed E-state index contributed by atoms with van der Waals surface area (Å²) in [6, 6.07) is 9.41. The molecular formula is C17H23ClN2O3. The standard InChI is InChI=1S/C17H23ClN2O3/c1-20(16(21)11-18)15-10-6-5-9-14(15)19-17(22)23-12-13-7-3-2-4-8-13/h2-4,7-8,14-15H,5-6,9-12H2,1H3,(H,19,22). The van der Waals surface area contributed by atoms with Crippen molar-refractivity contribution in [2.24, 2.45) is 0 Å². The van der Waals surface area contributed by atoms with Gasteiger partial charge >= 0.3 is 6.09 Å². The van der Waals surface area contributed by atoms with E-state index >= 15 is 0 Å². The van der Waals surface area contributed by atoms with Crippen molar-refractivity contribution in [3.8, 4) is 0 Å². The van der Waals surface area contributed by atoms with Gasteiger partial charge in [0.05, 0.1) is 12.1 Å². The van der Waals surface area contributed by atoms with Crippen LogP contribution < -0.4 is 5.32 Å². The molecule has 2 amide bonds. The van der Waals surface area contributed by atoms with Crippen LogP contribution in [0.2, 0.25) is 0 Å². The lowest BCUT2D eigenvalue weighted by molar-refractivity contribution is -0.130. The van der Waals surface area contributed by atoms with Crippen molar-refractivity contribution >= 4 is 23.6 Å². The second kappa shape index (κ2) is 8.77. The van der Waals surface area contributed by atoms with E-state index < -0.39 is 6.09 Å². The largest absolute Gasteiger partial charge is 0.445 e. The van der Waals surface area contributed by atoms with Crippen LogP contribution in [0.4, 0.5) is 4.79 Å². The molecule has 0 spiro atoms. The molecule has 0 heterocycles. The number of alkyl halides is 1. The lowest BCUT2D eigenvalue weighted by Crippen LogP contribution is -2.54. The summed E-state index contributed by atoms with van der Waals surface area (Å²) in [5.74, 6) is -0.166. The number of benzene rings is 1. The maximum Gasteiger partial charge on any atom is 0.407 e. The fraction of sp³-hybridized carbons (Fsp3) is 0.529. The highest BCUT2D eigenvalue weighted by molar-refractivity contribution is 6.27. The molecule has 23 heavy (non-hydrogen) atoms. The predicted molar refractivity (Wildman–Crippen MR) is 89.3 cm³/mol. The van der Waals surface area contributed by atoms with E-state index in [-0.39, 0.29) is 30.5 Å². The second-order valence-electron chi connectivity index (χ2n) is 5.80. The van der Waals surface area contributed by atoms with Gasteiger partial charge in [-0.3, -0.25) is 4.79 Å². The number of amides is 2. The van der Waals surface area contributed by atoms with E-state index in [1.807, 2.05) is 30.3 Å². The Balaban J connectivity index is 1.88. The van der Waals surface area contributed by atoms with Crippen LogP contribution in [0, 0.1) is 0 Å². The van der Waals surface area contributed by atoms with Crippen molar-refractivity contribution in [2.45, 2.75) is 44.4 Å². The van der Waals surface area contributed by atoms with E-state index in [9.17, 15) is 9.59 Å². The Bertz CT molecular complexity index is 524. The van der Waals surface area contributed by atoms with Gasteiger partial charge in [0, 0.05) is 7.05 Å². The van der Waals surface area contributed by atoms with Crippen LogP contribution in [0.3, 0.4) is 0 Å². The molecule has 126 valence electrons. The van der Waals surface area contributed by atoms with E-state index in [2.05, 4.69) is 5.32 Å². The Kier molecular flexibility index (Phi) is 6.71. The zero-order valence-corrected chi connectivity index (χ0v) is 14.1. The van der Waals surface area contributed by atoms with Crippen LogP contribution in [-0.2, 0) is 16.1 Å². The smallest absolute Gasteiger partial charge is 0.407 e. The summed E-state index contributed by atoms with van der Waals surface area (Å²) in [7, 11) is 1.74. The number of carbonyl (C=O) groups is 2. The van der Waals surface area contributed by atoms with Crippen molar-refractivity contribution in [1.29, 1.82) is 0 Å². The molecule has 0 aliphatic heterocycles. The average Bonchev–Trinajstić information content (AvgIpc) is 2.60. The van der Waals surface area contributed by atoms with Crippen LogP contribution >= 0.6 is 11.6 Å². The molecule has 2 atom stereocenters. The van der Waals surface area contributed by atoms with Gasteiger partial charge < -0.3 is 15.0 Å². The first-order valence-corrected chi connectivity index (χ1v) is 8.44. The number of likely N-dealkylation sites (N-methyl/N-ethyl adjacent to an activating group) is 1. The normalized spacial score (nSPS) is 20.6. The minimum absolute atomic E-state index is 0.0284. The molecule has 1 aliphatic rings. The van der Waals surface area contributed by atoms with Gasteiger partial charge in [-0.05, 0) is 18.4 Å². The Labute approximate surface area is 141 Å². The first kappa shape index (κ1) is 17.6. The number of nitrogens with one attached hydrogen (secondary N) is 1. The maximum absolute atomic E-state index is 12.0. The molecule has 0 bridgehead atoms. The van der Waals surface area contributed by atoms with Crippen LogP contribution in [-0.4, -0.2) is 41.9 Å². The van der Waals surface area contributed by atoms with E-state index in [1.54, 1.807) is 11.9 Å². The van der Waals surface area contributed by atoms with Gasteiger partial charge in [-0.2, -0.15) is 0 Å². The third-order valence-corrected chi connectivity index (χ3v) is 4.48. The molecule has 1 N–H and O–H groups in total. The Morgan fingerprint density at radius 3 is 2.65 bits per heavy atom. The number of carbonyl (C=O) groups excluding carboxylic acids is 2. The van der Waals surface area contributed by atoms with Gasteiger partial charge in [0.15, 0.2) is 0 Å². The lowest BCUT2D eigenvalue weighted by atomic mass is 9.89. The van der Waals surface area contributed by atoms with Gasteiger partial charge in [0.25, 0.3) is 0 Å². The lowest BCUT2D eigenvalue weighted by Gasteiger charge is -2.37. The zero-order valence-electron chi connectivity index (χ0n) is 13.3. The van der Waals surface area contributed by atoms with Crippen LogP contribution in [0.25, 0.3) is 0 Å². The van der Waals surface area contributed by atoms with E-state index in [0.29, 0.717) is 0 Å². The SMILES string of the molecule is CN(C(=O)CCl)C1CCCCC1NC(=O)OCc1ccccc1. The quantitative estimate of drug-likeness (QED) is 0.840. The molecule has 0 radical (unpaired) electrons. The number of halogens is 1. The highest BCUT2D eigenvalue weighted by Crippen LogP contribution is 2.23. The number of rotatable bonds is 5. The maximum atomic E-state index is 12.0. The van der Waals surface area contributed by atoms with Gasteiger partial charge in [-0.1, -0.05) is 43.2 Å². The third kappa shape index (κ3) is 5.13. The van der Waals surface area contributed by atoms with Gasteiger partial charge in [-0.15, -0.1) is 11.6 Å². The summed E-state index contributed by atoms with van der Waals surface area (Å²) in [5.41, 5.74) is 0.942. The second-order valence-corrected chi connectivity index (χ2v) is 6.07. The molecule has 1 saturated carbocycles. The highest BCUT2D eigenvalue weighted by atomic mass is 35.5. The van der Waals surface area contributed by atoms with Crippen LogP contribution in [0.15, 0.2) is 30.3 Å². The van der Waals surface area contributed by atoms with E-state index in [0.717, 1.165) is 31.2 Å². The number of ether oxygens (including phenoxy) is 1. The molecule has 1 fully saturated rings. The monoisotopic (exact) mass is 338 g/mol. The Hall–Kier alpha value is -1.75. The Morgan fingerprint density at radius 2 is 1.96 bits per heavy atom. The first-order chi connectivity index (χ1) is 11.1. The molecule has 1 aromatic carbocycles. The van der Waals surface area contributed by atoms with Crippen molar-refractivity contribution in [3.63, 3.8) is 0 Å². The summed E-state index contributed by atoms with van der Waals surface area (Å²) in [6.07, 6.45) is 3.33. The zero-order chi connectivity index (χ0) is 16.7. The number of hydrogen-bond donors (Lipinski definition) is 1. The van der Waals surface area contributed by atoms with Crippen LogP contribution in [0.1, 0.15) is 31.2 Å². The fourth-order valence-electron chi connectivity index (χ4n) is 2.94. The summed E-state index contributed by atoms with van der Waals surface area (Å²) in [6.45, 7) is 0.237. The predicted octanol–water partition coefficient (Wildman–Crippen LogP) is 2.92. The number of alkyl carbamates (subject to hydrolysis) is 1. The molecular weight excluding hydrogens is 316 g/mol. The molecule has 2 rings (SSSR count). The van der Waals surface area contributed by atoms with E-state index in [1.165, 1.54) is 0 Å². The topological polar surface area (TPSA) is 58.6 Å². The molecule has 1 aliphatic carbocycles. The van der Waals surface area contributed by atoms with Crippen molar-refractivity contribution < 1.29 is 14.3 Å². The van der Waals surface area contributed by atoms with Crippen molar-refractivity contribution in [2.75, 3.05) is 12.9 Å². The van der Waals surface area contributed by atoms with Gasteiger partial charge in [0.2, 0.25) is 5.91 Å². The van der Waals surface area contributed by atoms with Gasteiger partial charge in [0.1, 0.15) is 12.5 Å². The van der Waals surface area contributed by atoms with Crippen LogP contribution in [0.5, 0.6) is 0 Å². The molecule has 6 heteroatoms. The number of hydrogen-bond acceptors (Lipinski definition) is 3. The Morgan fingerprint density at radius 1 is 1.26 bits per heavy atom. The third-order valence-electron chi connectivity index (χ3n) is 4.25. The summed E-state index contributed by atoms with van der Waals surface area (Å²) in [4.78, 5) is 25.5. The minimum Gasteiger partial charge on any atom is -0.445 e.